The molecule has 0 saturated heterocycles. The zero-order chi connectivity index (χ0) is 20.1. The topological polar surface area (TPSA) is 55.8 Å². The lowest BCUT2D eigenvalue weighted by Gasteiger charge is -2.11. The summed E-state index contributed by atoms with van der Waals surface area (Å²) in [7, 11) is 1.57. The smallest absolute Gasteiger partial charge is 0.336 e. The van der Waals surface area contributed by atoms with Gasteiger partial charge in [0.25, 0.3) is 0 Å². The number of hydrogen-bond donors (Lipinski definition) is 1. The van der Waals surface area contributed by atoms with Gasteiger partial charge in [-0.3, -0.25) is 0 Å². The SMILES string of the molecule is COc1ccc(/C(=C\c2ccc(Oc3c(C)cccc3C)cc2)C(=O)O)cc1. The molecular formula is C24H22O4. The Bertz CT molecular complexity index is 980. The van der Waals surface area contributed by atoms with Gasteiger partial charge in [0.2, 0.25) is 0 Å². The maximum absolute atomic E-state index is 11.7. The quantitative estimate of drug-likeness (QED) is 0.442. The zero-order valence-electron chi connectivity index (χ0n) is 16.1. The molecule has 0 saturated carbocycles. The van der Waals surface area contributed by atoms with E-state index in [1.807, 2.05) is 56.3 Å². The fourth-order valence-corrected chi connectivity index (χ4v) is 2.92. The van der Waals surface area contributed by atoms with Crippen molar-refractivity contribution >= 4 is 17.6 Å². The number of para-hydroxylation sites is 1. The molecule has 1 N–H and O–H groups in total. The summed E-state index contributed by atoms with van der Waals surface area (Å²) in [6, 6.07) is 20.3. The summed E-state index contributed by atoms with van der Waals surface area (Å²) in [5, 5.41) is 9.60. The molecule has 0 radical (unpaired) electrons. The first-order chi connectivity index (χ1) is 13.5. The Morgan fingerprint density at radius 1 is 0.857 bits per heavy atom. The van der Waals surface area contributed by atoms with Crippen LogP contribution in [0.5, 0.6) is 17.2 Å². The van der Waals surface area contributed by atoms with E-state index in [-0.39, 0.29) is 5.57 Å². The van der Waals surface area contributed by atoms with Crippen LogP contribution in [0.2, 0.25) is 0 Å². The van der Waals surface area contributed by atoms with Crippen LogP contribution < -0.4 is 9.47 Å². The third-order valence-corrected chi connectivity index (χ3v) is 4.45. The Kier molecular flexibility index (Phi) is 5.80. The highest BCUT2D eigenvalue weighted by molar-refractivity contribution is 6.20. The number of rotatable bonds is 6. The fraction of sp³-hybridized carbons (Fsp3) is 0.125. The molecule has 0 aliphatic rings. The maximum Gasteiger partial charge on any atom is 0.336 e. The number of methoxy groups -OCH3 is 1. The van der Waals surface area contributed by atoms with E-state index in [0.29, 0.717) is 17.1 Å². The van der Waals surface area contributed by atoms with Gasteiger partial charge >= 0.3 is 5.97 Å². The van der Waals surface area contributed by atoms with Crippen LogP contribution in [-0.2, 0) is 4.79 Å². The molecule has 4 heteroatoms. The predicted molar refractivity (Wildman–Crippen MR) is 111 cm³/mol. The van der Waals surface area contributed by atoms with Gasteiger partial charge in [0, 0.05) is 0 Å². The minimum atomic E-state index is -0.985. The van der Waals surface area contributed by atoms with Gasteiger partial charge in [-0.2, -0.15) is 0 Å². The van der Waals surface area contributed by atoms with Crippen LogP contribution >= 0.6 is 0 Å². The number of aliphatic carboxylic acids is 1. The molecule has 4 nitrogen and oxygen atoms in total. The van der Waals surface area contributed by atoms with Crippen molar-refractivity contribution in [1.29, 1.82) is 0 Å². The van der Waals surface area contributed by atoms with E-state index in [1.54, 1.807) is 37.5 Å². The van der Waals surface area contributed by atoms with Gasteiger partial charge in [-0.25, -0.2) is 4.79 Å². The predicted octanol–water partition coefficient (Wildman–Crippen LogP) is 5.73. The minimum Gasteiger partial charge on any atom is -0.497 e. The van der Waals surface area contributed by atoms with Crippen LogP contribution in [0.4, 0.5) is 0 Å². The van der Waals surface area contributed by atoms with Crippen LogP contribution in [0.15, 0.2) is 66.7 Å². The van der Waals surface area contributed by atoms with Crippen LogP contribution in [0, 0.1) is 13.8 Å². The van der Waals surface area contributed by atoms with E-state index in [4.69, 9.17) is 9.47 Å². The first-order valence-electron chi connectivity index (χ1n) is 8.91. The molecule has 0 atom stereocenters. The normalized spacial score (nSPS) is 11.2. The highest BCUT2D eigenvalue weighted by Gasteiger charge is 2.11. The van der Waals surface area contributed by atoms with Gasteiger partial charge in [-0.1, -0.05) is 42.5 Å². The molecule has 142 valence electrons. The molecule has 0 fully saturated rings. The highest BCUT2D eigenvalue weighted by atomic mass is 16.5. The summed E-state index contributed by atoms with van der Waals surface area (Å²) in [6.07, 6.45) is 1.65. The maximum atomic E-state index is 11.7. The Hall–Kier alpha value is -3.53. The van der Waals surface area contributed by atoms with Gasteiger partial charge in [0.15, 0.2) is 0 Å². The second kappa shape index (κ2) is 8.44. The third kappa shape index (κ3) is 4.41. The molecule has 0 aliphatic heterocycles. The summed E-state index contributed by atoms with van der Waals surface area (Å²) >= 11 is 0. The van der Waals surface area contributed by atoms with E-state index < -0.39 is 5.97 Å². The summed E-state index contributed by atoms with van der Waals surface area (Å²) in [6.45, 7) is 4.01. The van der Waals surface area contributed by atoms with Crippen molar-refractivity contribution < 1.29 is 19.4 Å². The van der Waals surface area contributed by atoms with Gasteiger partial charge in [0.1, 0.15) is 17.2 Å². The van der Waals surface area contributed by atoms with Crippen molar-refractivity contribution in [2.24, 2.45) is 0 Å². The van der Waals surface area contributed by atoms with E-state index >= 15 is 0 Å². The molecule has 0 unspecified atom stereocenters. The Morgan fingerprint density at radius 3 is 1.96 bits per heavy atom. The molecule has 0 amide bonds. The molecule has 0 heterocycles. The van der Waals surface area contributed by atoms with Gasteiger partial charge in [-0.05, 0) is 66.4 Å². The first-order valence-corrected chi connectivity index (χ1v) is 8.91. The summed E-state index contributed by atoms with van der Waals surface area (Å²) < 4.78 is 11.1. The average Bonchev–Trinajstić information content (AvgIpc) is 2.70. The third-order valence-electron chi connectivity index (χ3n) is 4.45. The lowest BCUT2D eigenvalue weighted by molar-refractivity contribution is -0.130. The van der Waals surface area contributed by atoms with Crippen molar-refractivity contribution in [1.82, 2.24) is 0 Å². The number of carboxylic acids is 1. The molecule has 0 spiro atoms. The molecular weight excluding hydrogens is 352 g/mol. The number of hydrogen-bond acceptors (Lipinski definition) is 3. The van der Waals surface area contributed by atoms with Crippen molar-refractivity contribution in [3.8, 4) is 17.2 Å². The number of ether oxygens (including phenoxy) is 2. The summed E-state index contributed by atoms with van der Waals surface area (Å²) in [4.78, 5) is 11.7. The van der Waals surface area contributed by atoms with Gasteiger partial charge < -0.3 is 14.6 Å². The molecule has 28 heavy (non-hydrogen) atoms. The number of benzene rings is 3. The molecule has 3 rings (SSSR count). The number of carboxylic acid groups (broad SMARTS) is 1. The summed E-state index contributed by atoms with van der Waals surface area (Å²) in [5.74, 6) is 1.24. The Labute approximate surface area is 164 Å². The molecule has 3 aromatic carbocycles. The Morgan fingerprint density at radius 2 is 1.43 bits per heavy atom. The Balaban J connectivity index is 1.85. The standard InChI is InChI=1S/C24H22O4/c1-16-5-4-6-17(2)23(16)28-21-11-7-18(8-12-21)15-22(24(25)26)19-9-13-20(27-3)14-10-19/h4-15H,1-3H3,(H,25,26)/b22-15+. The van der Waals surface area contributed by atoms with Gasteiger partial charge in [0.05, 0.1) is 12.7 Å². The zero-order valence-corrected chi connectivity index (χ0v) is 16.1. The van der Waals surface area contributed by atoms with E-state index in [2.05, 4.69) is 0 Å². The van der Waals surface area contributed by atoms with Crippen LogP contribution in [0.3, 0.4) is 0 Å². The number of carbonyl (C=O) groups is 1. The molecule has 0 aromatic heterocycles. The van der Waals surface area contributed by atoms with Crippen molar-refractivity contribution in [3.63, 3.8) is 0 Å². The van der Waals surface area contributed by atoms with E-state index in [0.717, 1.165) is 22.4 Å². The van der Waals surface area contributed by atoms with E-state index in [1.165, 1.54) is 0 Å². The number of aryl methyl sites for hydroxylation is 2. The first kappa shape index (κ1) is 19.2. The molecule has 3 aromatic rings. The summed E-state index contributed by atoms with van der Waals surface area (Å²) in [5.41, 5.74) is 3.74. The molecule has 0 aliphatic carbocycles. The second-order valence-corrected chi connectivity index (χ2v) is 6.48. The highest BCUT2D eigenvalue weighted by Crippen LogP contribution is 2.29. The van der Waals surface area contributed by atoms with Crippen LogP contribution in [0.25, 0.3) is 11.6 Å². The lowest BCUT2D eigenvalue weighted by Crippen LogP contribution is -1.99. The average molecular weight is 374 g/mol. The van der Waals surface area contributed by atoms with Crippen LogP contribution in [0.1, 0.15) is 22.3 Å². The minimum absolute atomic E-state index is 0.214. The molecule has 0 bridgehead atoms. The van der Waals surface area contributed by atoms with Crippen molar-refractivity contribution in [2.45, 2.75) is 13.8 Å². The fourth-order valence-electron chi connectivity index (χ4n) is 2.92. The second-order valence-electron chi connectivity index (χ2n) is 6.48. The van der Waals surface area contributed by atoms with E-state index in [9.17, 15) is 9.90 Å². The van der Waals surface area contributed by atoms with Gasteiger partial charge in [-0.15, -0.1) is 0 Å². The monoisotopic (exact) mass is 374 g/mol. The largest absolute Gasteiger partial charge is 0.497 e. The van der Waals surface area contributed by atoms with Crippen molar-refractivity contribution in [2.75, 3.05) is 7.11 Å². The van der Waals surface area contributed by atoms with Crippen LogP contribution in [-0.4, -0.2) is 18.2 Å². The lowest BCUT2D eigenvalue weighted by atomic mass is 10.0. The van der Waals surface area contributed by atoms with Crippen molar-refractivity contribution in [3.05, 3.63) is 89.0 Å².